The number of nitrogens with zero attached hydrogens (tertiary/aromatic N) is 1. The van der Waals surface area contributed by atoms with Gasteiger partial charge in [-0.15, -0.1) is 0 Å². The van der Waals surface area contributed by atoms with E-state index in [1.807, 2.05) is 4.90 Å². The van der Waals surface area contributed by atoms with Crippen LogP contribution in [-0.2, 0) is 9.59 Å². The summed E-state index contributed by atoms with van der Waals surface area (Å²) in [4.78, 5) is 26.1. The van der Waals surface area contributed by atoms with Crippen LogP contribution < -0.4 is 16.0 Å². The number of hydrogen-bond donors (Lipinski definition) is 3. The summed E-state index contributed by atoms with van der Waals surface area (Å²) in [5.41, 5.74) is 0. The molecule has 2 aliphatic rings. The Kier molecular flexibility index (Phi) is 5.99. The molecule has 3 unspecified atom stereocenters. The molecule has 3 N–H and O–H groups in total. The van der Waals surface area contributed by atoms with Gasteiger partial charge in [0.1, 0.15) is 6.04 Å². The van der Waals surface area contributed by atoms with E-state index in [9.17, 15) is 9.59 Å². The van der Waals surface area contributed by atoms with Crippen molar-refractivity contribution in [2.45, 2.75) is 44.7 Å². The highest BCUT2D eigenvalue weighted by atomic mass is 16.2. The van der Waals surface area contributed by atoms with Crippen molar-refractivity contribution in [3.8, 4) is 0 Å². The van der Waals surface area contributed by atoms with E-state index in [1.54, 1.807) is 7.05 Å². The molecule has 1 heterocycles. The Hall–Kier alpha value is -1.14. The summed E-state index contributed by atoms with van der Waals surface area (Å²) in [5, 5.41) is 9.04. The first kappa shape index (κ1) is 16.2. The molecule has 0 aromatic carbocycles. The zero-order valence-electron chi connectivity index (χ0n) is 13.2. The maximum atomic E-state index is 12.3. The van der Waals surface area contributed by atoms with Crippen LogP contribution in [0.2, 0.25) is 0 Å². The van der Waals surface area contributed by atoms with Crippen LogP contribution in [0.1, 0.15) is 32.6 Å². The lowest BCUT2D eigenvalue weighted by Gasteiger charge is -2.35. The maximum absolute atomic E-state index is 12.3. The predicted molar refractivity (Wildman–Crippen MR) is 81.9 cm³/mol. The second kappa shape index (κ2) is 7.75. The van der Waals surface area contributed by atoms with E-state index in [2.05, 4.69) is 22.9 Å². The van der Waals surface area contributed by atoms with Crippen LogP contribution in [0.25, 0.3) is 0 Å². The Balaban J connectivity index is 1.86. The minimum absolute atomic E-state index is 0.0268. The summed E-state index contributed by atoms with van der Waals surface area (Å²) < 4.78 is 0. The molecule has 2 rings (SSSR count). The number of amides is 2. The molecule has 6 heteroatoms. The summed E-state index contributed by atoms with van der Waals surface area (Å²) in [7, 11) is 1.64. The fourth-order valence-electron chi connectivity index (χ4n) is 3.33. The lowest BCUT2D eigenvalue weighted by atomic mass is 9.86. The van der Waals surface area contributed by atoms with Crippen LogP contribution in [0.4, 0.5) is 0 Å². The van der Waals surface area contributed by atoms with E-state index >= 15 is 0 Å². The molecular formula is C15H28N4O2. The van der Waals surface area contributed by atoms with Crippen molar-refractivity contribution in [1.82, 2.24) is 20.9 Å². The van der Waals surface area contributed by atoms with Crippen molar-refractivity contribution < 1.29 is 9.59 Å². The molecule has 3 atom stereocenters. The molecule has 1 saturated carbocycles. The van der Waals surface area contributed by atoms with Gasteiger partial charge in [0, 0.05) is 32.7 Å². The standard InChI is InChI=1S/C15H28N4O2/c1-11-5-3-4-6-12(11)18-14(20)10-19-8-7-17-9-13(19)15(21)16-2/h11-13,17H,3-10H2,1-2H3,(H,16,21)(H,18,20). The fraction of sp³-hybridized carbons (Fsp3) is 0.867. The number of carbonyl (C=O) groups is 2. The van der Waals surface area contributed by atoms with Crippen molar-refractivity contribution >= 4 is 11.8 Å². The van der Waals surface area contributed by atoms with Gasteiger partial charge in [-0.1, -0.05) is 19.8 Å². The molecule has 0 spiro atoms. The zero-order valence-corrected chi connectivity index (χ0v) is 13.2. The highest BCUT2D eigenvalue weighted by Gasteiger charge is 2.30. The number of nitrogens with one attached hydrogen (secondary N) is 3. The average Bonchev–Trinajstić information content (AvgIpc) is 2.49. The van der Waals surface area contributed by atoms with Gasteiger partial charge in [0.25, 0.3) is 0 Å². The Bertz CT molecular complexity index is 375. The molecule has 0 aromatic heterocycles. The van der Waals surface area contributed by atoms with Crippen molar-refractivity contribution in [1.29, 1.82) is 0 Å². The van der Waals surface area contributed by atoms with Crippen LogP contribution in [0.5, 0.6) is 0 Å². The molecule has 6 nitrogen and oxygen atoms in total. The number of piperazine rings is 1. The SMILES string of the molecule is CNC(=O)C1CNCCN1CC(=O)NC1CCCCC1C. The smallest absolute Gasteiger partial charge is 0.238 e. The van der Waals surface area contributed by atoms with Crippen molar-refractivity contribution in [2.24, 2.45) is 5.92 Å². The van der Waals surface area contributed by atoms with E-state index in [1.165, 1.54) is 19.3 Å². The second-order valence-electron chi connectivity index (χ2n) is 6.24. The van der Waals surface area contributed by atoms with Gasteiger partial charge < -0.3 is 16.0 Å². The van der Waals surface area contributed by atoms with Crippen LogP contribution in [-0.4, -0.2) is 62.0 Å². The monoisotopic (exact) mass is 296 g/mol. The van der Waals surface area contributed by atoms with Gasteiger partial charge in [0.2, 0.25) is 11.8 Å². The van der Waals surface area contributed by atoms with Gasteiger partial charge in [-0.3, -0.25) is 14.5 Å². The summed E-state index contributed by atoms with van der Waals surface area (Å²) in [5.74, 6) is 0.575. The summed E-state index contributed by atoms with van der Waals surface area (Å²) in [6.45, 7) is 4.67. The lowest BCUT2D eigenvalue weighted by Crippen LogP contribution is -2.59. The van der Waals surface area contributed by atoms with Gasteiger partial charge >= 0.3 is 0 Å². The van der Waals surface area contributed by atoms with Crippen molar-refractivity contribution in [2.75, 3.05) is 33.2 Å². The zero-order chi connectivity index (χ0) is 15.2. The van der Waals surface area contributed by atoms with E-state index < -0.39 is 0 Å². The first-order valence-electron chi connectivity index (χ1n) is 8.07. The van der Waals surface area contributed by atoms with Crippen molar-refractivity contribution in [3.63, 3.8) is 0 Å². The Morgan fingerprint density at radius 1 is 1.29 bits per heavy atom. The highest BCUT2D eigenvalue weighted by Crippen LogP contribution is 2.23. The molecule has 120 valence electrons. The Labute approximate surface area is 127 Å². The fourth-order valence-corrected chi connectivity index (χ4v) is 3.33. The highest BCUT2D eigenvalue weighted by molar-refractivity contribution is 5.84. The topological polar surface area (TPSA) is 73.5 Å². The molecule has 1 saturated heterocycles. The van der Waals surface area contributed by atoms with Crippen LogP contribution >= 0.6 is 0 Å². The molecule has 0 aromatic rings. The molecule has 21 heavy (non-hydrogen) atoms. The minimum Gasteiger partial charge on any atom is -0.358 e. The Morgan fingerprint density at radius 3 is 2.76 bits per heavy atom. The molecular weight excluding hydrogens is 268 g/mol. The number of hydrogen-bond acceptors (Lipinski definition) is 4. The lowest BCUT2D eigenvalue weighted by molar-refractivity contribution is -0.129. The van der Waals surface area contributed by atoms with Gasteiger partial charge in [0.15, 0.2) is 0 Å². The third-order valence-corrected chi connectivity index (χ3v) is 4.71. The normalized spacial score (nSPS) is 30.7. The van der Waals surface area contributed by atoms with Gasteiger partial charge in [-0.2, -0.15) is 0 Å². The van der Waals surface area contributed by atoms with Crippen molar-refractivity contribution in [3.05, 3.63) is 0 Å². The van der Waals surface area contributed by atoms with Crippen LogP contribution in [0.15, 0.2) is 0 Å². The van der Waals surface area contributed by atoms with E-state index in [0.717, 1.165) is 19.5 Å². The van der Waals surface area contributed by atoms with Gasteiger partial charge in [0.05, 0.1) is 6.54 Å². The van der Waals surface area contributed by atoms with E-state index in [0.29, 0.717) is 25.0 Å². The average molecular weight is 296 g/mol. The second-order valence-corrected chi connectivity index (χ2v) is 6.24. The van der Waals surface area contributed by atoms with E-state index in [4.69, 9.17) is 0 Å². The van der Waals surface area contributed by atoms with Crippen LogP contribution in [0.3, 0.4) is 0 Å². The molecule has 0 radical (unpaired) electrons. The number of likely N-dealkylation sites (N-methyl/N-ethyl adjacent to an activating group) is 1. The first-order valence-corrected chi connectivity index (χ1v) is 8.07. The molecule has 0 bridgehead atoms. The maximum Gasteiger partial charge on any atom is 0.238 e. The molecule has 1 aliphatic carbocycles. The third-order valence-electron chi connectivity index (χ3n) is 4.71. The molecule has 2 fully saturated rings. The number of rotatable bonds is 4. The van der Waals surface area contributed by atoms with Gasteiger partial charge in [-0.25, -0.2) is 0 Å². The van der Waals surface area contributed by atoms with Gasteiger partial charge in [-0.05, 0) is 18.8 Å². The first-order chi connectivity index (χ1) is 10.1. The molecule has 2 amide bonds. The summed E-state index contributed by atoms with van der Waals surface area (Å²) in [6, 6.07) is 0.0471. The van der Waals surface area contributed by atoms with E-state index in [-0.39, 0.29) is 17.9 Å². The van der Waals surface area contributed by atoms with Crippen LogP contribution in [0, 0.1) is 5.92 Å². The summed E-state index contributed by atoms with van der Waals surface area (Å²) in [6.07, 6.45) is 4.74. The Morgan fingerprint density at radius 2 is 2.05 bits per heavy atom. The third kappa shape index (κ3) is 4.41. The summed E-state index contributed by atoms with van der Waals surface area (Å²) >= 11 is 0. The number of carbonyl (C=O) groups excluding carboxylic acids is 2. The predicted octanol–water partition coefficient (Wildman–Crippen LogP) is -0.299. The minimum atomic E-state index is -0.252. The largest absolute Gasteiger partial charge is 0.358 e. The molecule has 1 aliphatic heterocycles. The quantitative estimate of drug-likeness (QED) is 0.666.